The van der Waals surface area contributed by atoms with Crippen LogP contribution in [0.3, 0.4) is 0 Å². The predicted octanol–water partition coefficient (Wildman–Crippen LogP) is 2.70. The minimum atomic E-state index is -0.340. The largest absolute Gasteiger partial charge is 0.296 e. The van der Waals surface area contributed by atoms with E-state index in [1.807, 2.05) is 0 Å². The molecule has 0 unspecified atom stereocenters. The van der Waals surface area contributed by atoms with Crippen molar-refractivity contribution in [2.75, 3.05) is 0 Å². The molecule has 0 N–H and O–H groups in total. The lowest BCUT2D eigenvalue weighted by atomic mass is 10.1. The van der Waals surface area contributed by atoms with E-state index in [0.717, 1.165) is 12.8 Å². The molecule has 0 bridgehead atoms. The van der Waals surface area contributed by atoms with E-state index in [1.165, 1.54) is 12.1 Å². The summed E-state index contributed by atoms with van der Waals surface area (Å²) >= 11 is 0. The highest BCUT2D eigenvalue weighted by molar-refractivity contribution is 5.83. The number of hydrogen-bond acceptors (Lipinski definition) is 3. The van der Waals surface area contributed by atoms with Crippen LogP contribution in [0, 0.1) is 5.82 Å². The second-order valence-corrected chi connectivity index (χ2v) is 4.03. The van der Waals surface area contributed by atoms with E-state index in [1.54, 1.807) is 16.8 Å². The van der Waals surface area contributed by atoms with Crippen LogP contribution in [-0.2, 0) is 6.54 Å². The highest BCUT2D eigenvalue weighted by atomic mass is 19.1. The van der Waals surface area contributed by atoms with E-state index >= 15 is 0 Å². The van der Waals surface area contributed by atoms with E-state index in [2.05, 4.69) is 17.2 Å². The minimum absolute atomic E-state index is 0.247. The van der Waals surface area contributed by atoms with Gasteiger partial charge < -0.3 is 0 Å². The number of aromatic nitrogens is 3. The topological polar surface area (TPSA) is 47.8 Å². The summed E-state index contributed by atoms with van der Waals surface area (Å²) in [4.78, 5) is 11.0. The van der Waals surface area contributed by atoms with Gasteiger partial charge in [0, 0.05) is 12.1 Å². The molecule has 5 heteroatoms. The molecule has 0 aliphatic heterocycles. The number of carbonyl (C=O) groups excluding carboxylic acids is 1. The molecule has 94 valence electrons. The number of carbonyl (C=O) groups is 1. The van der Waals surface area contributed by atoms with Gasteiger partial charge in [-0.3, -0.25) is 4.79 Å². The van der Waals surface area contributed by atoms with Gasteiger partial charge in [0.1, 0.15) is 5.82 Å². The van der Waals surface area contributed by atoms with Gasteiger partial charge in [0.25, 0.3) is 0 Å². The summed E-state index contributed by atoms with van der Waals surface area (Å²) in [5.41, 5.74) is 1.45. The number of benzene rings is 1. The third-order valence-corrected chi connectivity index (χ3v) is 2.69. The summed E-state index contributed by atoms with van der Waals surface area (Å²) in [7, 11) is 0. The normalized spacial score (nSPS) is 10.6. The molecule has 0 aliphatic rings. The summed E-state index contributed by atoms with van der Waals surface area (Å²) in [6.45, 7) is 2.74. The van der Waals surface area contributed by atoms with Gasteiger partial charge in [-0.25, -0.2) is 9.07 Å². The first-order valence-electron chi connectivity index (χ1n) is 5.91. The number of aldehydes is 1. The van der Waals surface area contributed by atoms with Crippen molar-refractivity contribution in [1.29, 1.82) is 0 Å². The van der Waals surface area contributed by atoms with Crippen molar-refractivity contribution in [1.82, 2.24) is 15.0 Å². The van der Waals surface area contributed by atoms with Crippen LogP contribution in [0.15, 0.2) is 24.3 Å². The Morgan fingerprint density at radius 1 is 1.44 bits per heavy atom. The summed E-state index contributed by atoms with van der Waals surface area (Å²) in [6.07, 6.45) is 2.60. The van der Waals surface area contributed by atoms with Crippen LogP contribution in [0.2, 0.25) is 0 Å². The van der Waals surface area contributed by atoms with E-state index in [0.29, 0.717) is 24.1 Å². The van der Waals surface area contributed by atoms with Gasteiger partial charge in [-0.05, 0) is 18.6 Å². The predicted molar refractivity (Wildman–Crippen MR) is 65.7 cm³/mol. The molecule has 1 aromatic carbocycles. The molecule has 1 aromatic heterocycles. The van der Waals surface area contributed by atoms with Crippen molar-refractivity contribution in [3.8, 4) is 11.3 Å². The Balaban J connectivity index is 2.46. The molecular weight excluding hydrogens is 233 g/mol. The Hall–Kier alpha value is -2.04. The summed E-state index contributed by atoms with van der Waals surface area (Å²) in [5.74, 6) is -0.340. The molecule has 0 radical (unpaired) electrons. The van der Waals surface area contributed by atoms with Gasteiger partial charge >= 0.3 is 0 Å². The Morgan fingerprint density at radius 2 is 2.28 bits per heavy atom. The maximum Gasteiger partial charge on any atom is 0.172 e. The lowest BCUT2D eigenvalue weighted by Crippen LogP contribution is -2.03. The van der Waals surface area contributed by atoms with Crippen molar-refractivity contribution in [2.24, 2.45) is 0 Å². The number of unbranched alkanes of at least 4 members (excludes halogenated alkanes) is 1. The van der Waals surface area contributed by atoms with Crippen LogP contribution >= 0.6 is 0 Å². The van der Waals surface area contributed by atoms with Gasteiger partial charge in [0.05, 0.1) is 5.69 Å². The van der Waals surface area contributed by atoms with Crippen molar-refractivity contribution >= 4 is 6.29 Å². The summed E-state index contributed by atoms with van der Waals surface area (Å²) < 4.78 is 14.9. The van der Waals surface area contributed by atoms with Gasteiger partial charge in [0.15, 0.2) is 12.0 Å². The molecule has 0 atom stereocenters. The van der Waals surface area contributed by atoms with Crippen LogP contribution in [0.1, 0.15) is 30.3 Å². The number of aryl methyl sites for hydroxylation is 1. The molecule has 4 nitrogen and oxygen atoms in total. The van der Waals surface area contributed by atoms with Gasteiger partial charge in [-0.1, -0.05) is 30.7 Å². The maximum absolute atomic E-state index is 13.2. The van der Waals surface area contributed by atoms with Crippen molar-refractivity contribution in [2.45, 2.75) is 26.3 Å². The van der Waals surface area contributed by atoms with Crippen LogP contribution in [-0.4, -0.2) is 21.3 Å². The second-order valence-electron chi connectivity index (χ2n) is 4.03. The second kappa shape index (κ2) is 5.53. The van der Waals surface area contributed by atoms with Crippen molar-refractivity contribution < 1.29 is 9.18 Å². The van der Waals surface area contributed by atoms with Crippen molar-refractivity contribution in [3.63, 3.8) is 0 Å². The molecular formula is C13H14FN3O. The van der Waals surface area contributed by atoms with E-state index in [-0.39, 0.29) is 11.5 Å². The fourth-order valence-electron chi connectivity index (χ4n) is 1.80. The molecule has 1 heterocycles. The first-order chi connectivity index (χ1) is 8.76. The molecule has 0 aliphatic carbocycles. The number of rotatable bonds is 5. The minimum Gasteiger partial charge on any atom is -0.296 e. The first-order valence-corrected chi connectivity index (χ1v) is 5.91. The Bertz CT molecular complexity index is 551. The van der Waals surface area contributed by atoms with Crippen molar-refractivity contribution in [3.05, 3.63) is 35.8 Å². The average Bonchev–Trinajstić information content (AvgIpc) is 2.79. The number of nitrogens with zero attached hydrogens (tertiary/aromatic N) is 3. The number of halogens is 1. The molecule has 2 aromatic rings. The van der Waals surface area contributed by atoms with E-state index < -0.39 is 0 Å². The Morgan fingerprint density at radius 3 is 2.94 bits per heavy atom. The van der Waals surface area contributed by atoms with Crippen LogP contribution in [0.4, 0.5) is 4.39 Å². The summed E-state index contributed by atoms with van der Waals surface area (Å²) in [6, 6.07) is 6.10. The smallest absolute Gasteiger partial charge is 0.172 e. The molecule has 18 heavy (non-hydrogen) atoms. The standard InChI is InChI=1S/C13H14FN3O/c1-2-3-7-17-13(12(9-18)15-16-17)10-5-4-6-11(14)8-10/h4-6,8-9H,2-3,7H2,1H3. The van der Waals surface area contributed by atoms with Gasteiger partial charge in [0.2, 0.25) is 0 Å². The third-order valence-electron chi connectivity index (χ3n) is 2.69. The quantitative estimate of drug-likeness (QED) is 0.763. The monoisotopic (exact) mass is 247 g/mol. The van der Waals surface area contributed by atoms with Gasteiger partial charge in [-0.2, -0.15) is 0 Å². The molecule has 0 saturated heterocycles. The number of hydrogen-bond donors (Lipinski definition) is 0. The third kappa shape index (κ3) is 2.45. The molecule has 0 saturated carbocycles. The average molecular weight is 247 g/mol. The zero-order valence-corrected chi connectivity index (χ0v) is 10.1. The highest BCUT2D eigenvalue weighted by Gasteiger charge is 2.14. The zero-order valence-electron chi connectivity index (χ0n) is 10.1. The molecule has 0 fully saturated rings. The van der Waals surface area contributed by atoms with Crippen LogP contribution in [0.5, 0.6) is 0 Å². The fraction of sp³-hybridized carbons (Fsp3) is 0.308. The van der Waals surface area contributed by atoms with Gasteiger partial charge in [-0.15, -0.1) is 5.10 Å². The lowest BCUT2D eigenvalue weighted by Gasteiger charge is -2.06. The summed E-state index contributed by atoms with van der Waals surface area (Å²) in [5, 5.41) is 7.76. The maximum atomic E-state index is 13.2. The fourth-order valence-corrected chi connectivity index (χ4v) is 1.80. The molecule has 0 amide bonds. The Kier molecular flexibility index (Phi) is 3.82. The molecule has 0 spiro atoms. The zero-order chi connectivity index (χ0) is 13.0. The van der Waals surface area contributed by atoms with Crippen LogP contribution in [0.25, 0.3) is 11.3 Å². The van der Waals surface area contributed by atoms with E-state index in [4.69, 9.17) is 0 Å². The first kappa shape index (κ1) is 12.4. The molecule has 2 rings (SSSR count). The SMILES string of the molecule is CCCCn1nnc(C=O)c1-c1cccc(F)c1. The highest BCUT2D eigenvalue weighted by Crippen LogP contribution is 2.22. The lowest BCUT2D eigenvalue weighted by molar-refractivity contribution is 0.111. The van der Waals surface area contributed by atoms with Crippen LogP contribution < -0.4 is 0 Å². The van der Waals surface area contributed by atoms with E-state index in [9.17, 15) is 9.18 Å². The Labute approximate surface area is 104 Å².